The average Bonchev–Trinajstić information content (AvgIpc) is 3.28. The molecule has 8 nitrogen and oxygen atoms in total. The summed E-state index contributed by atoms with van der Waals surface area (Å²) < 4.78 is 23.4. The molecule has 2 N–H and O–H groups in total. The molecule has 0 aromatic rings. The summed E-state index contributed by atoms with van der Waals surface area (Å²) in [6.07, 6.45) is 63.8. The van der Waals surface area contributed by atoms with Crippen molar-refractivity contribution in [2.75, 3.05) is 40.9 Å². The first-order valence-electron chi connectivity index (χ1n) is 27.6. The van der Waals surface area contributed by atoms with E-state index in [0.29, 0.717) is 23.9 Å². The number of hydrogen-bond acceptors (Lipinski definition) is 6. The van der Waals surface area contributed by atoms with Crippen LogP contribution in [0.2, 0.25) is 0 Å². The van der Waals surface area contributed by atoms with Crippen molar-refractivity contribution in [3.8, 4) is 0 Å². The molecule has 0 aliphatic carbocycles. The van der Waals surface area contributed by atoms with Gasteiger partial charge in [0, 0.05) is 6.42 Å². The lowest BCUT2D eigenvalue weighted by molar-refractivity contribution is -0.870. The van der Waals surface area contributed by atoms with Gasteiger partial charge in [0.25, 0.3) is 7.82 Å². The Kier molecular flexibility index (Phi) is 46.9. The van der Waals surface area contributed by atoms with Gasteiger partial charge in [-0.05, 0) is 57.8 Å². The molecule has 3 atom stereocenters. The molecule has 386 valence electrons. The van der Waals surface area contributed by atoms with Crippen LogP contribution >= 0.6 is 7.82 Å². The van der Waals surface area contributed by atoms with Crippen LogP contribution in [0.5, 0.6) is 0 Å². The number of hydrogen-bond donors (Lipinski definition) is 2. The molecule has 0 rings (SSSR count). The SMILES string of the molecule is CC/C=C\C/C=C\C/C=C\C/C=C\C/C=C\CCCCCCCCCCCC(=O)NC(COP(=O)([O-])OCC[N+](C)(C)C)C(O)CCCCCCCCCCCCCCCCCCCCC. The zero-order chi connectivity index (χ0) is 48.5. The first-order chi connectivity index (χ1) is 32.0. The van der Waals surface area contributed by atoms with E-state index in [4.69, 9.17) is 9.05 Å². The van der Waals surface area contributed by atoms with Gasteiger partial charge < -0.3 is 28.8 Å². The highest BCUT2D eigenvalue weighted by molar-refractivity contribution is 7.45. The van der Waals surface area contributed by atoms with E-state index in [1.807, 2.05) is 21.1 Å². The van der Waals surface area contributed by atoms with Gasteiger partial charge in [0.2, 0.25) is 5.91 Å². The molecule has 0 aliphatic rings. The molecule has 9 heteroatoms. The van der Waals surface area contributed by atoms with E-state index in [1.165, 1.54) is 141 Å². The number of allylic oxidation sites excluding steroid dienone is 10. The number of likely N-dealkylation sites (N-methyl/N-ethyl adjacent to an activating group) is 1. The smallest absolute Gasteiger partial charge is 0.268 e. The number of phosphoric ester groups is 1. The number of nitrogens with zero attached hydrogens (tertiary/aromatic N) is 1. The summed E-state index contributed by atoms with van der Waals surface area (Å²) in [7, 11) is 1.30. The molecule has 0 aliphatic heterocycles. The number of phosphoric acid groups is 1. The van der Waals surface area contributed by atoms with Crippen molar-refractivity contribution in [1.29, 1.82) is 0 Å². The summed E-state index contributed by atoms with van der Waals surface area (Å²) in [5.41, 5.74) is 0. The number of quaternary nitrogens is 1. The number of carbonyl (C=O) groups is 1. The second-order valence-electron chi connectivity index (χ2n) is 19.9. The third kappa shape index (κ3) is 50.1. The topological polar surface area (TPSA) is 108 Å². The monoisotopic (exact) mass is 947 g/mol. The van der Waals surface area contributed by atoms with Crippen molar-refractivity contribution in [3.63, 3.8) is 0 Å². The first-order valence-corrected chi connectivity index (χ1v) is 29.1. The van der Waals surface area contributed by atoms with Gasteiger partial charge in [-0.15, -0.1) is 0 Å². The zero-order valence-electron chi connectivity index (χ0n) is 43.9. The van der Waals surface area contributed by atoms with Crippen LogP contribution in [0.3, 0.4) is 0 Å². The van der Waals surface area contributed by atoms with E-state index in [1.54, 1.807) is 0 Å². The number of carbonyl (C=O) groups excluding carboxylic acids is 1. The highest BCUT2D eigenvalue weighted by Gasteiger charge is 2.24. The standard InChI is InChI=1S/C57H107N2O6P/c1-6-8-10-12-14-16-18-20-22-24-26-27-28-29-30-31-33-35-37-39-41-43-45-47-49-51-57(61)58-55(54-65-66(62,63)64-53-52-59(3,4)5)56(60)50-48-46-44-42-40-38-36-34-32-25-23-21-19-17-15-13-11-9-7-2/h8,10,14,16,20,22,26-27,29-30,55-56,60H,6-7,9,11-13,15,17-19,21,23-25,28,31-54H2,1-5H3,(H-,58,61,62,63)/b10-8-,16-14-,22-20-,27-26-,30-29-. The minimum Gasteiger partial charge on any atom is -0.756 e. The van der Waals surface area contributed by atoms with Crippen molar-refractivity contribution in [2.45, 2.75) is 257 Å². The number of aliphatic hydroxyl groups is 1. The summed E-state index contributed by atoms with van der Waals surface area (Å²) >= 11 is 0. The maximum atomic E-state index is 13.0. The fraction of sp³-hybridized carbons (Fsp3) is 0.807. The molecule has 0 saturated carbocycles. The predicted molar refractivity (Wildman–Crippen MR) is 284 cm³/mol. The van der Waals surface area contributed by atoms with Gasteiger partial charge in [-0.1, -0.05) is 242 Å². The Morgan fingerprint density at radius 1 is 0.545 bits per heavy atom. The minimum absolute atomic E-state index is 0.00895. The third-order valence-corrected chi connectivity index (χ3v) is 13.2. The van der Waals surface area contributed by atoms with Gasteiger partial charge in [0.05, 0.1) is 39.9 Å². The van der Waals surface area contributed by atoms with Crippen LogP contribution < -0.4 is 10.2 Å². The Balaban J connectivity index is 4.22. The highest BCUT2D eigenvalue weighted by Crippen LogP contribution is 2.38. The van der Waals surface area contributed by atoms with Crippen LogP contribution in [0.25, 0.3) is 0 Å². The Labute approximate surface area is 409 Å². The molecule has 0 radical (unpaired) electrons. The van der Waals surface area contributed by atoms with Crippen molar-refractivity contribution in [2.24, 2.45) is 0 Å². The molecule has 1 amide bonds. The van der Waals surface area contributed by atoms with E-state index in [2.05, 4.69) is 79.9 Å². The van der Waals surface area contributed by atoms with Crippen molar-refractivity contribution < 1.29 is 32.9 Å². The molecule has 0 fully saturated rings. The maximum Gasteiger partial charge on any atom is 0.268 e. The maximum absolute atomic E-state index is 13.0. The predicted octanol–water partition coefficient (Wildman–Crippen LogP) is 15.9. The molecule has 0 saturated heterocycles. The Morgan fingerprint density at radius 2 is 0.924 bits per heavy atom. The second kappa shape index (κ2) is 48.2. The van der Waals surface area contributed by atoms with Gasteiger partial charge in [0.15, 0.2) is 0 Å². The van der Waals surface area contributed by atoms with Gasteiger partial charge in [0.1, 0.15) is 13.2 Å². The normalized spacial score (nSPS) is 14.5. The fourth-order valence-electron chi connectivity index (χ4n) is 7.95. The van der Waals surface area contributed by atoms with E-state index >= 15 is 0 Å². The van der Waals surface area contributed by atoms with Crippen LogP contribution in [0.15, 0.2) is 60.8 Å². The Bertz CT molecular complexity index is 1260. The number of unbranched alkanes of at least 4 members (excludes halogenated alkanes) is 27. The molecule has 0 aromatic heterocycles. The van der Waals surface area contributed by atoms with E-state index in [-0.39, 0.29) is 19.1 Å². The first kappa shape index (κ1) is 64.2. The number of amides is 1. The Hall–Kier alpha value is -1.80. The quantitative estimate of drug-likeness (QED) is 0.0272. The summed E-state index contributed by atoms with van der Waals surface area (Å²) in [5.74, 6) is -0.171. The lowest BCUT2D eigenvalue weighted by Crippen LogP contribution is -2.46. The zero-order valence-corrected chi connectivity index (χ0v) is 44.8. The highest BCUT2D eigenvalue weighted by atomic mass is 31.2. The summed E-state index contributed by atoms with van der Waals surface area (Å²) in [4.78, 5) is 25.5. The Morgan fingerprint density at radius 3 is 1.35 bits per heavy atom. The van der Waals surface area contributed by atoms with E-state index in [9.17, 15) is 19.4 Å². The fourth-order valence-corrected chi connectivity index (χ4v) is 8.67. The largest absolute Gasteiger partial charge is 0.756 e. The van der Waals surface area contributed by atoms with Gasteiger partial charge in [-0.3, -0.25) is 9.36 Å². The summed E-state index contributed by atoms with van der Waals surface area (Å²) in [6, 6.07) is -0.807. The van der Waals surface area contributed by atoms with E-state index in [0.717, 1.165) is 77.0 Å². The summed E-state index contributed by atoms with van der Waals surface area (Å²) in [5, 5.41) is 14.0. The molecule has 0 spiro atoms. The summed E-state index contributed by atoms with van der Waals surface area (Å²) in [6.45, 7) is 4.62. The molecular formula is C57H107N2O6P. The molecular weight excluding hydrogens is 840 g/mol. The van der Waals surface area contributed by atoms with Gasteiger partial charge in [-0.25, -0.2) is 0 Å². The van der Waals surface area contributed by atoms with Crippen molar-refractivity contribution in [3.05, 3.63) is 60.8 Å². The molecule has 0 heterocycles. The number of nitrogens with one attached hydrogen (secondary N) is 1. The molecule has 66 heavy (non-hydrogen) atoms. The molecule has 0 aromatic carbocycles. The lowest BCUT2D eigenvalue weighted by Gasteiger charge is -2.30. The van der Waals surface area contributed by atoms with Crippen LogP contribution in [0, 0.1) is 0 Å². The van der Waals surface area contributed by atoms with Crippen molar-refractivity contribution in [1.82, 2.24) is 5.32 Å². The van der Waals surface area contributed by atoms with Crippen LogP contribution in [0.4, 0.5) is 0 Å². The number of aliphatic hydroxyl groups excluding tert-OH is 1. The van der Waals surface area contributed by atoms with Gasteiger partial charge in [-0.2, -0.15) is 0 Å². The van der Waals surface area contributed by atoms with Crippen molar-refractivity contribution >= 4 is 13.7 Å². The minimum atomic E-state index is -4.58. The van der Waals surface area contributed by atoms with Crippen LogP contribution in [-0.2, 0) is 18.4 Å². The van der Waals surface area contributed by atoms with Gasteiger partial charge >= 0.3 is 0 Å². The van der Waals surface area contributed by atoms with Crippen LogP contribution in [0.1, 0.15) is 245 Å². The molecule has 3 unspecified atom stereocenters. The average molecular weight is 947 g/mol. The van der Waals surface area contributed by atoms with E-state index < -0.39 is 20.0 Å². The molecule has 0 bridgehead atoms. The second-order valence-corrected chi connectivity index (χ2v) is 21.3. The third-order valence-electron chi connectivity index (χ3n) is 12.3. The lowest BCUT2D eigenvalue weighted by atomic mass is 10.0. The number of rotatable bonds is 50. The van der Waals surface area contributed by atoms with Crippen LogP contribution in [-0.4, -0.2) is 68.5 Å².